The molecule has 0 aromatic heterocycles. The molecule has 2 rings (SSSR count). The molecule has 0 heterocycles. The van der Waals surface area contributed by atoms with E-state index in [-0.39, 0.29) is 4.95 Å². The van der Waals surface area contributed by atoms with Gasteiger partial charge in [0.15, 0.2) is 0 Å². The van der Waals surface area contributed by atoms with Gasteiger partial charge in [0.25, 0.3) is 0 Å². The van der Waals surface area contributed by atoms with Crippen LogP contribution < -0.4 is 0 Å². The zero-order valence-corrected chi connectivity index (χ0v) is 11.7. The first-order chi connectivity index (χ1) is 8.18. The quantitative estimate of drug-likeness (QED) is 0.601. The zero-order valence-electron chi connectivity index (χ0n) is 10.1. The van der Waals surface area contributed by atoms with Crippen molar-refractivity contribution in [1.29, 1.82) is 0 Å². The molecule has 0 bridgehead atoms. The maximum absolute atomic E-state index is 3.66. The normalized spacial score (nSPS) is 12.7. The van der Waals surface area contributed by atoms with Gasteiger partial charge in [0.05, 0.1) is 4.95 Å². The van der Waals surface area contributed by atoms with Gasteiger partial charge in [0.1, 0.15) is 0 Å². The predicted molar refractivity (Wildman–Crippen MR) is 77.2 cm³/mol. The molecule has 2 aromatic carbocycles. The second kappa shape index (κ2) is 5.48. The Bertz CT molecular complexity index is 462. The molecule has 0 amide bonds. The minimum Gasteiger partial charge on any atom is -0.293 e. The van der Waals surface area contributed by atoms with E-state index in [9.17, 15) is 0 Å². The third-order valence-corrected chi connectivity index (χ3v) is 4.09. The van der Waals surface area contributed by atoms with Crippen LogP contribution in [0, 0.1) is 0 Å². The number of rotatable bonds is 3. The minimum absolute atomic E-state index is 0.271. The van der Waals surface area contributed by atoms with Gasteiger partial charge in [-0.15, -0.1) is 0 Å². The zero-order chi connectivity index (χ0) is 12.3. The largest absolute Gasteiger partial charge is 0.293 e. The lowest BCUT2D eigenvalue weighted by atomic mass is 10.0. The van der Waals surface area contributed by atoms with Crippen molar-refractivity contribution < 1.29 is 0 Å². The summed E-state index contributed by atoms with van der Waals surface area (Å²) >= 11 is 3.66. The van der Waals surface area contributed by atoms with Crippen LogP contribution >= 0.6 is 15.9 Å². The van der Waals surface area contributed by atoms with Crippen molar-refractivity contribution in [3.8, 4) is 11.1 Å². The third-order valence-electron chi connectivity index (χ3n) is 2.75. The van der Waals surface area contributed by atoms with Gasteiger partial charge in [0, 0.05) is 0 Å². The van der Waals surface area contributed by atoms with Crippen LogP contribution in [0.25, 0.3) is 11.1 Å². The molecule has 0 aliphatic carbocycles. The van der Waals surface area contributed by atoms with Crippen molar-refractivity contribution in [3.63, 3.8) is 0 Å². The molecular formula is C15H16BrN. The Morgan fingerprint density at radius 3 is 1.88 bits per heavy atom. The lowest BCUT2D eigenvalue weighted by Gasteiger charge is -2.18. The Balaban J connectivity index is 2.25. The molecule has 0 radical (unpaired) electrons. The second-order valence-corrected chi connectivity index (χ2v) is 5.15. The summed E-state index contributed by atoms with van der Waals surface area (Å²) < 4.78 is 0. The molecule has 2 aromatic rings. The van der Waals surface area contributed by atoms with Crippen LogP contribution in [-0.2, 0) is 0 Å². The first-order valence-corrected chi connectivity index (χ1v) is 6.56. The second-order valence-electron chi connectivity index (χ2n) is 4.29. The SMILES string of the molecule is CN(C)C(Br)c1ccc(-c2ccccc2)cc1. The van der Waals surface area contributed by atoms with Gasteiger partial charge in [-0.1, -0.05) is 70.5 Å². The first-order valence-electron chi connectivity index (χ1n) is 5.64. The maximum atomic E-state index is 3.66. The molecule has 1 atom stereocenters. The minimum atomic E-state index is 0.271. The number of hydrogen-bond acceptors (Lipinski definition) is 1. The highest BCUT2D eigenvalue weighted by Gasteiger charge is 2.09. The van der Waals surface area contributed by atoms with Gasteiger partial charge < -0.3 is 0 Å². The smallest absolute Gasteiger partial charge is 0.0906 e. The maximum Gasteiger partial charge on any atom is 0.0906 e. The van der Waals surface area contributed by atoms with E-state index in [1.165, 1.54) is 16.7 Å². The summed E-state index contributed by atoms with van der Waals surface area (Å²) in [6.45, 7) is 0. The van der Waals surface area contributed by atoms with Crippen molar-refractivity contribution in [1.82, 2.24) is 4.90 Å². The fourth-order valence-corrected chi connectivity index (χ4v) is 2.07. The van der Waals surface area contributed by atoms with Gasteiger partial charge in [0.2, 0.25) is 0 Å². The van der Waals surface area contributed by atoms with Crippen LogP contribution in [0.15, 0.2) is 54.6 Å². The van der Waals surface area contributed by atoms with Crippen LogP contribution in [0.5, 0.6) is 0 Å². The number of benzene rings is 2. The van der Waals surface area contributed by atoms with Crippen LogP contribution in [0.4, 0.5) is 0 Å². The molecule has 1 nitrogen and oxygen atoms in total. The highest BCUT2D eigenvalue weighted by atomic mass is 79.9. The number of nitrogens with zero attached hydrogens (tertiary/aromatic N) is 1. The summed E-state index contributed by atoms with van der Waals surface area (Å²) in [7, 11) is 4.12. The van der Waals surface area contributed by atoms with Crippen LogP contribution in [-0.4, -0.2) is 19.0 Å². The Morgan fingerprint density at radius 2 is 1.35 bits per heavy atom. The molecule has 2 heteroatoms. The van der Waals surface area contributed by atoms with Crippen molar-refractivity contribution in [2.75, 3.05) is 14.1 Å². The first kappa shape index (κ1) is 12.3. The van der Waals surface area contributed by atoms with E-state index >= 15 is 0 Å². The Morgan fingerprint density at radius 1 is 0.824 bits per heavy atom. The Hall–Kier alpha value is -1.12. The van der Waals surface area contributed by atoms with E-state index in [4.69, 9.17) is 0 Å². The summed E-state index contributed by atoms with van der Waals surface area (Å²) in [6.07, 6.45) is 0. The van der Waals surface area contributed by atoms with Crippen molar-refractivity contribution in [2.45, 2.75) is 4.95 Å². The predicted octanol–water partition coefficient (Wildman–Crippen LogP) is 4.31. The van der Waals surface area contributed by atoms with Gasteiger partial charge in [-0.25, -0.2) is 0 Å². The van der Waals surface area contributed by atoms with Crippen molar-refractivity contribution in [2.24, 2.45) is 0 Å². The number of alkyl halides is 1. The molecule has 0 spiro atoms. The monoisotopic (exact) mass is 289 g/mol. The molecule has 0 saturated heterocycles. The lowest BCUT2D eigenvalue weighted by molar-refractivity contribution is 0.398. The number of hydrogen-bond donors (Lipinski definition) is 0. The summed E-state index contributed by atoms with van der Waals surface area (Å²) in [6, 6.07) is 19.1. The van der Waals surface area contributed by atoms with E-state index in [0.29, 0.717) is 0 Å². The fourth-order valence-electron chi connectivity index (χ4n) is 1.76. The summed E-state index contributed by atoms with van der Waals surface area (Å²) in [5.74, 6) is 0. The summed E-state index contributed by atoms with van der Waals surface area (Å²) in [4.78, 5) is 2.41. The topological polar surface area (TPSA) is 3.24 Å². The number of halogens is 1. The lowest BCUT2D eigenvalue weighted by Crippen LogP contribution is -2.13. The summed E-state index contributed by atoms with van der Waals surface area (Å²) in [5.41, 5.74) is 3.79. The van der Waals surface area contributed by atoms with E-state index in [1.807, 2.05) is 6.07 Å². The molecular weight excluding hydrogens is 274 g/mol. The van der Waals surface area contributed by atoms with Crippen molar-refractivity contribution in [3.05, 3.63) is 60.2 Å². The van der Waals surface area contributed by atoms with E-state index in [2.05, 4.69) is 83.5 Å². The van der Waals surface area contributed by atoms with Crippen LogP contribution in [0.2, 0.25) is 0 Å². The molecule has 0 aliphatic rings. The average Bonchev–Trinajstić information content (AvgIpc) is 2.39. The van der Waals surface area contributed by atoms with Gasteiger partial charge in [-0.2, -0.15) is 0 Å². The molecule has 0 N–H and O–H groups in total. The van der Waals surface area contributed by atoms with E-state index in [0.717, 1.165) is 0 Å². The third kappa shape index (κ3) is 2.96. The standard InChI is InChI=1S/C15H16BrN/c1-17(2)15(16)14-10-8-13(9-11-14)12-6-4-3-5-7-12/h3-11,15H,1-2H3. The van der Waals surface area contributed by atoms with Gasteiger partial charge >= 0.3 is 0 Å². The summed E-state index contributed by atoms with van der Waals surface area (Å²) in [5, 5.41) is 0. The average molecular weight is 290 g/mol. The van der Waals surface area contributed by atoms with Crippen LogP contribution in [0.1, 0.15) is 10.5 Å². The highest BCUT2D eigenvalue weighted by Crippen LogP contribution is 2.27. The molecule has 1 unspecified atom stereocenters. The van der Waals surface area contributed by atoms with Gasteiger partial charge in [-0.3, -0.25) is 4.90 Å². The van der Waals surface area contributed by atoms with E-state index in [1.54, 1.807) is 0 Å². The molecule has 17 heavy (non-hydrogen) atoms. The molecule has 0 saturated carbocycles. The molecule has 0 aliphatic heterocycles. The Kier molecular flexibility index (Phi) is 3.97. The van der Waals surface area contributed by atoms with Crippen molar-refractivity contribution >= 4 is 15.9 Å². The van der Waals surface area contributed by atoms with Gasteiger partial charge in [-0.05, 0) is 30.8 Å². The van der Waals surface area contributed by atoms with E-state index < -0.39 is 0 Å². The molecule has 0 fully saturated rings. The van der Waals surface area contributed by atoms with Crippen LogP contribution in [0.3, 0.4) is 0 Å². The Labute approximate surface area is 111 Å². The fraction of sp³-hybridized carbons (Fsp3) is 0.200. The highest BCUT2D eigenvalue weighted by molar-refractivity contribution is 9.09. The molecule has 88 valence electrons.